The summed E-state index contributed by atoms with van der Waals surface area (Å²) in [5.74, 6) is 0. The third-order valence-corrected chi connectivity index (χ3v) is 4.08. The van der Waals surface area contributed by atoms with E-state index >= 15 is 0 Å². The Bertz CT molecular complexity index is 366. The van der Waals surface area contributed by atoms with Crippen LogP contribution in [0, 0.1) is 0 Å². The molecule has 1 aliphatic rings. The summed E-state index contributed by atoms with van der Waals surface area (Å²) < 4.78 is 1.87. The van der Waals surface area contributed by atoms with Gasteiger partial charge < -0.3 is 5.73 Å². The molecule has 2 rings (SSSR count). The number of aromatic nitrogens is 2. The van der Waals surface area contributed by atoms with Crippen molar-refractivity contribution in [3.63, 3.8) is 0 Å². The van der Waals surface area contributed by atoms with Crippen LogP contribution in [0.1, 0.15) is 51.1 Å². The number of rotatable bonds is 5. The molecule has 0 bridgehead atoms. The van der Waals surface area contributed by atoms with Gasteiger partial charge in [0.2, 0.25) is 0 Å². The van der Waals surface area contributed by atoms with Crippen molar-refractivity contribution < 1.29 is 0 Å². The molecule has 102 valence electrons. The summed E-state index contributed by atoms with van der Waals surface area (Å²) in [7, 11) is 1.97. The van der Waals surface area contributed by atoms with E-state index in [0.717, 1.165) is 6.54 Å². The van der Waals surface area contributed by atoms with Gasteiger partial charge in [-0.05, 0) is 26.3 Å². The monoisotopic (exact) mass is 250 g/mol. The van der Waals surface area contributed by atoms with E-state index < -0.39 is 0 Å². The Labute approximate surface area is 110 Å². The van der Waals surface area contributed by atoms with E-state index in [9.17, 15) is 0 Å². The molecule has 2 unspecified atom stereocenters. The number of nitrogens with zero attached hydrogens (tertiary/aromatic N) is 3. The Morgan fingerprint density at radius 3 is 2.61 bits per heavy atom. The first-order valence-electron chi connectivity index (χ1n) is 7.13. The molecule has 0 radical (unpaired) electrons. The number of hydrogen-bond donors (Lipinski definition) is 1. The lowest BCUT2D eigenvalue weighted by Crippen LogP contribution is -2.44. The largest absolute Gasteiger partial charge is 0.326 e. The summed E-state index contributed by atoms with van der Waals surface area (Å²) >= 11 is 0. The molecular weight excluding hydrogens is 224 g/mol. The molecule has 1 saturated carbocycles. The molecule has 0 spiro atoms. The van der Waals surface area contributed by atoms with E-state index in [1.54, 1.807) is 0 Å². The molecule has 1 aliphatic carbocycles. The van der Waals surface area contributed by atoms with Crippen LogP contribution >= 0.6 is 0 Å². The summed E-state index contributed by atoms with van der Waals surface area (Å²) in [5.41, 5.74) is 7.49. The second-order valence-electron chi connectivity index (χ2n) is 5.52. The van der Waals surface area contributed by atoms with E-state index in [-0.39, 0.29) is 6.04 Å². The standard InChI is InChI=1S/C14H26N4/c1-4-18(13-7-5-6-8-13)14(11(2)15)12-9-16-17(3)10-12/h9-11,13-14H,4-8,15H2,1-3H3. The van der Waals surface area contributed by atoms with Gasteiger partial charge in [-0.1, -0.05) is 19.8 Å². The molecule has 4 nitrogen and oxygen atoms in total. The average Bonchev–Trinajstić information content (AvgIpc) is 2.96. The Kier molecular flexibility index (Phi) is 4.40. The molecule has 2 N–H and O–H groups in total. The van der Waals surface area contributed by atoms with Crippen molar-refractivity contribution in [2.75, 3.05) is 6.54 Å². The molecule has 1 fully saturated rings. The van der Waals surface area contributed by atoms with Gasteiger partial charge in [0.15, 0.2) is 0 Å². The summed E-state index contributed by atoms with van der Waals surface area (Å²) in [5, 5.41) is 4.30. The molecule has 0 aliphatic heterocycles. The fraction of sp³-hybridized carbons (Fsp3) is 0.786. The van der Waals surface area contributed by atoms with Crippen LogP contribution in [0.25, 0.3) is 0 Å². The van der Waals surface area contributed by atoms with E-state index in [0.29, 0.717) is 12.1 Å². The lowest BCUT2D eigenvalue weighted by Gasteiger charge is -2.37. The Hall–Kier alpha value is -0.870. The zero-order valence-electron chi connectivity index (χ0n) is 11.8. The number of nitrogens with two attached hydrogens (primary N) is 1. The van der Waals surface area contributed by atoms with Gasteiger partial charge in [-0.15, -0.1) is 0 Å². The molecule has 18 heavy (non-hydrogen) atoms. The van der Waals surface area contributed by atoms with Gasteiger partial charge in [-0.25, -0.2) is 0 Å². The normalized spacial score (nSPS) is 20.5. The van der Waals surface area contributed by atoms with Crippen LogP contribution in [0.2, 0.25) is 0 Å². The van der Waals surface area contributed by atoms with Crippen molar-refractivity contribution in [1.82, 2.24) is 14.7 Å². The second kappa shape index (κ2) is 5.85. The van der Waals surface area contributed by atoms with Gasteiger partial charge in [0.25, 0.3) is 0 Å². The molecular formula is C14H26N4. The van der Waals surface area contributed by atoms with Crippen molar-refractivity contribution in [1.29, 1.82) is 0 Å². The van der Waals surface area contributed by atoms with Crippen LogP contribution in [0.4, 0.5) is 0 Å². The zero-order valence-corrected chi connectivity index (χ0v) is 11.8. The molecule has 0 amide bonds. The van der Waals surface area contributed by atoms with Crippen LogP contribution in [0.5, 0.6) is 0 Å². The van der Waals surface area contributed by atoms with Crippen LogP contribution in [-0.4, -0.2) is 33.3 Å². The highest BCUT2D eigenvalue weighted by Gasteiger charge is 2.31. The second-order valence-corrected chi connectivity index (χ2v) is 5.52. The topological polar surface area (TPSA) is 47.1 Å². The highest BCUT2D eigenvalue weighted by Crippen LogP contribution is 2.32. The van der Waals surface area contributed by atoms with Crippen molar-refractivity contribution >= 4 is 0 Å². The lowest BCUT2D eigenvalue weighted by atomic mass is 10.00. The lowest BCUT2D eigenvalue weighted by molar-refractivity contribution is 0.127. The predicted octanol–water partition coefficient (Wildman–Crippen LogP) is 2.07. The van der Waals surface area contributed by atoms with E-state index in [1.165, 1.54) is 31.2 Å². The van der Waals surface area contributed by atoms with Crippen LogP contribution in [0.15, 0.2) is 12.4 Å². The molecule has 4 heteroatoms. The Morgan fingerprint density at radius 2 is 2.17 bits per heavy atom. The van der Waals surface area contributed by atoms with E-state index in [1.807, 2.05) is 17.9 Å². The van der Waals surface area contributed by atoms with Crippen LogP contribution < -0.4 is 5.73 Å². The average molecular weight is 250 g/mol. The highest BCUT2D eigenvalue weighted by atomic mass is 15.3. The Balaban J connectivity index is 2.22. The maximum atomic E-state index is 6.24. The van der Waals surface area contributed by atoms with Crippen LogP contribution in [0.3, 0.4) is 0 Å². The van der Waals surface area contributed by atoms with Gasteiger partial charge >= 0.3 is 0 Å². The van der Waals surface area contributed by atoms with Crippen molar-refractivity contribution in [3.05, 3.63) is 18.0 Å². The van der Waals surface area contributed by atoms with Gasteiger partial charge in [0.1, 0.15) is 0 Å². The third-order valence-electron chi connectivity index (χ3n) is 4.08. The van der Waals surface area contributed by atoms with Crippen molar-refractivity contribution in [3.8, 4) is 0 Å². The first-order valence-corrected chi connectivity index (χ1v) is 7.13. The summed E-state index contributed by atoms with van der Waals surface area (Å²) in [4.78, 5) is 2.58. The smallest absolute Gasteiger partial charge is 0.0538 e. The van der Waals surface area contributed by atoms with Gasteiger partial charge in [-0.2, -0.15) is 5.10 Å². The maximum absolute atomic E-state index is 6.24. The molecule has 1 aromatic heterocycles. The van der Waals surface area contributed by atoms with Crippen molar-refractivity contribution in [2.24, 2.45) is 12.8 Å². The van der Waals surface area contributed by atoms with E-state index in [2.05, 4.69) is 30.0 Å². The number of likely N-dealkylation sites (N-methyl/N-ethyl adjacent to an activating group) is 1. The van der Waals surface area contributed by atoms with Gasteiger partial charge in [-0.3, -0.25) is 9.58 Å². The quantitative estimate of drug-likeness (QED) is 0.870. The maximum Gasteiger partial charge on any atom is 0.0538 e. The minimum Gasteiger partial charge on any atom is -0.326 e. The predicted molar refractivity (Wildman–Crippen MR) is 74.2 cm³/mol. The van der Waals surface area contributed by atoms with Gasteiger partial charge in [0, 0.05) is 30.9 Å². The zero-order chi connectivity index (χ0) is 13.1. The molecule has 1 heterocycles. The van der Waals surface area contributed by atoms with Crippen LogP contribution in [-0.2, 0) is 7.05 Å². The number of aryl methyl sites for hydroxylation is 1. The summed E-state index contributed by atoms with van der Waals surface area (Å²) in [6, 6.07) is 1.13. The first kappa shape index (κ1) is 13.6. The molecule has 0 aromatic carbocycles. The third kappa shape index (κ3) is 2.75. The molecule has 2 atom stereocenters. The fourth-order valence-corrected chi connectivity index (χ4v) is 3.31. The highest BCUT2D eigenvalue weighted by molar-refractivity contribution is 5.13. The Morgan fingerprint density at radius 1 is 1.50 bits per heavy atom. The minimum atomic E-state index is 0.134. The fourth-order valence-electron chi connectivity index (χ4n) is 3.31. The minimum absolute atomic E-state index is 0.134. The summed E-state index contributed by atoms with van der Waals surface area (Å²) in [6.07, 6.45) is 9.42. The SMILES string of the molecule is CCN(C1CCCC1)C(c1cnn(C)c1)C(C)N. The number of hydrogen-bond acceptors (Lipinski definition) is 3. The van der Waals surface area contributed by atoms with Gasteiger partial charge in [0.05, 0.1) is 12.2 Å². The van der Waals surface area contributed by atoms with Crippen molar-refractivity contribution in [2.45, 2.75) is 57.7 Å². The molecule has 1 aromatic rings. The first-order chi connectivity index (χ1) is 8.63. The molecule has 0 saturated heterocycles. The summed E-state index contributed by atoms with van der Waals surface area (Å²) in [6.45, 7) is 5.41. The van der Waals surface area contributed by atoms with E-state index in [4.69, 9.17) is 5.73 Å².